The Hall–Kier alpha value is -1.09. The van der Waals surface area contributed by atoms with Crippen LogP contribution in [0.5, 0.6) is 5.88 Å². The van der Waals surface area contributed by atoms with E-state index in [1.807, 2.05) is 19.2 Å². The second-order valence-corrected chi connectivity index (χ2v) is 5.60. The fourth-order valence-electron chi connectivity index (χ4n) is 1.40. The number of nitrogens with one attached hydrogen (secondary N) is 1. The van der Waals surface area contributed by atoms with Crippen molar-refractivity contribution in [1.82, 2.24) is 10.3 Å². The maximum absolute atomic E-state index is 5.68. The Balaban J connectivity index is 2.54. The van der Waals surface area contributed by atoms with E-state index in [1.54, 1.807) is 6.20 Å². The molecule has 0 saturated carbocycles. The van der Waals surface area contributed by atoms with E-state index in [0.717, 1.165) is 6.42 Å². The second-order valence-electron chi connectivity index (χ2n) is 5.60. The van der Waals surface area contributed by atoms with Gasteiger partial charge in [0.2, 0.25) is 5.88 Å². The summed E-state index contributed by atoms with van der Waals surface area (Å²) in [5.41, 5.74) is 1.50. The van der Waals surface area contributed by atoms with Crippen LogP contribution in [-0.2, 0) is 0 Å². The van der Waals surface area contributed by atoms with Crippen LogP contribution < -0.4 is 10.1 Å². The molecule has 0 aromatic carbocycles. The van der Waals surface area contributed by atoms with Crippen LogP contribution in [0.15, 0.2) is 18.3 Å². The minimum Gasteiger partial charge on any atom is -0.478 e. The van der Waals surface area contributed by atoms with Gasteiger partial charge in [-0.15, -0.1) is 0 Å². The first-order chi connectivity index (χ1) is 7.92. The van der Waals surface area contributed by atoms with Crippen molar-refractivity contribution in [2.75, 3.05) is 13.7 Å². The lowest BCUT2D eigenvalue weighted by Gasteiger charge is -2.18. The maximum atomic E-state index is 5.68. The SMILES string of the molecule is CNC(C)c1ccnc(OCCC(C)(C)C)c1. The molecule has 1 heterocycles. The van der Waals surface area contributed by atoms with E-state index in [2.05, 4.69) is 38.0 Å². The van der Waals surface area contributed by atoms with Gasteiger partial charge in [0, 0.05) is 18.3 Å². The van der Waals surface area contributed by atoms with Gasteiger partial charge in [-0.3, -0.25) is 0 Å². The molecule has 1 aromatic rings. The molecule has 0 bridgehead atoms. The van der Waals surface area contributed by atoms with Gasteiger partial charge >= 0.3 is 0 Å². The third kappa shape index (κ3) is 5.18. The van der Waals surface area contributed by atoms with Crippen molar-refractivity contribution >= 4 is 0 Å². The summed E-state index contributed by atoms with van der Waals surface area (Å²) in [7, 11) is 1.95. The lowest BCUT2D eigenvalue weighted by Crippen LogP contribution is -2.13. The van der Waals surface area contributed by atoms with Crippen molar-refractivity contribution in [3.8, 4) is 5.88 Å². The minimum absolute atomic E-state index is 0.301. The summed E-state index contributed by atoms with van der Waals surface area (Å²) in [5.74, 6) is 0.717. The maximum Gasteiger partial charge on any atom is 0.213 e. The molecule has 1 aromatic heterocycles. The number of hydrogen-bond donors (Lipinski definition) is 1. The average Bonchev–Trinajstić information content (AvgIpc) is 2.27. The van der Waals surface area contributed by atoms with Crippen LogP contribution in [0.4, 0.5) is 0 Å². The Morgan fingerprint density at radius 1 is 1.41 bits per heavy atom. The number of hydrogen-bond acceptors (Lipinski definition) is 3. The highest BCUT2D eigenvalue weighted by Gasteiger charge is 2.10. The van der Waals surface area contributed by atoms with Gasteiger partial charge in [0.25, 0.3) is 0 Å². The first-order valence-corrected chi connectivity index (χ1v) is 6.18. The zero-order valence-electron chi connectivity index (χ0n) is 11.6. The zero-order chi connectivity index (χ0) is 12.9. The molecule has 1 atom stereocenters. The van der Waals surface area contributed by atoms with Crippen molar-refractivity contribution in [2.24, 2.45) is 5.41 Å². The summed E-state index contributed by atoms with van der Waals surface area (Å²) in [6, 6.07) is 4.34. The van der Waals surface area contributed by atoms with E-state index in [9.17, 15) is 0 Å². The van der Waals surface area contributed by atoms with E-state index >= 15 is 0 Å². The van der Waals surface area contributed by atoms with Crippen LogP contribution in [0, 0.1) is 5.41 Å². The monoisotopic (exact) mass is 236 g/mol. The van der Waals surface area contributed by atoms with Crippen molar-refractivity contribution in [3.63, 3.8) is 0 Å². The normalized spacial score (nSPS) is 13.5. The molecule has 1 unspecified atom stereocenters. The number of pyridine rings is 1. The van der Waals surface area contributed by atoms with Crippen molar-refractivity contribution in [1.29, 1.82) is 0 Å². The molecule has 0 saturated heterocycles. The van der Waals surface area contributed by atoms with Gasteiger partial charge in [-0.1, -0.05) is 20.8 Å². The van der Waals surface area contributed by atoms with Crippen LogP contribution in [-0.4, -0.2) is 18.6 Å². The van der Waals surface area contributed by atoms with Crippen molar-refractivity contribution in [2.45, 2.75) is 40.2 Å². The summed E-state index contributed by atoms with van der Waals surface area (Å²) in [4.78, 5) is 4.23. The number of rotatable bonds is 5. The average molecular weight is 236 g/mol. The first kappa shape index (κ1) is 14.0. The molecule has 0 aliphatic rings. The van der Waals surface area contributed by atoms with E-state index in [1.165, 1.54) is 5.56 Å². The predicted molar refractivity (Wildman–Crippen MR) is 71.3 cm³/mol. The number of nitrogens with zero attached hydrogens (tertiary/aromatic N) is 1. The van der Waals surface area contributed by atoms with Crippen molar-refractivity contribution < 1.29 is 4.74 Å². The van der Waals surface area contributed by atoms with E-state index < -0.39 is 0 Å². The van der Waals surface area contributed by atoms with E-state index in [0.29, 0.717) is 23.9 Å². The summed E-state index contributed by atoms with van der Waals surface area (Å²) in [6.07, 6.45) is 2.83. The van der Waals surface area contributed by atoms with Crippen molar-refractivity contribution in [3.05, 3.63) is 23.9 Å². The lowest BCUT2D eigenvalue weighted by molar-refractivity contribution is 0.236. The topological polar surface area (TPSA) is 34.2 Å². The zero-order valence-corrected chi connectivity index (χ0v) is 11.6. The van der Waals surface area contributed by atoms with Crippen LogP contribution in [0.25, 0.3) is 0 Å². The molecular weight excluding hydrogens is 212 g/mol. The summed E-state index contributed by atoms with van der Waals surface area (Å²) in [5, 5.41) is 3.21. The van der Waals surface area contributed by atoms with Gasteiger partial charge in [-0.05, 0) is 37.4 Å². The van der Waals surface area contributed by atoms with Gasteiger partial charge in [-0.25, -0.2) is 4.98 Å². The molecule has 0 fully saturated rings. The lowest BCUT2D eigenvalue weighted by atomic mass is 9.93. The molecule has 1 N–H and O–H groups in total. The fourth-order valence-corrected chi connectivity index (χ4v) is 1.40. The summed E-state index contributed by atoms with van der Waals surface area (Å²) >= 11 is 0. The molecule has 3 nitrogen and oxygen atoms in total. The van der Waals surface area contributed by atoms with Gasteiger partial charge in [0.1, 0.15) is 0 Å². The van der Waals surface area contributed by atoms with Crippen LogP contribution >= 0.6 is 0 Å². The van der Waals surface area contributed by atoms with Crippen LogP contribution in [0.1, 0.15) is 45.7 Å². The van der Waals surface area contributed by atoms with Crippen LogP contribution in [0.3, 0.4) is 0 Å². The quantitative estimate of drug-likeness (QED) is 0.852. The standard InChI is InChI=1S/C14H24N2O/c1-11(15-5)12-6-8-16-13(10-12)17-9-7-14(2,3)4/h6,8,10-11,15H,7,9H2,1-5H3. The predicted octanol–water partition coefficient (Wildman–Crippen LogP) is 3.18. The first-order valence-electron chi connectivity index (χ1n) is 6.18. The molecule has 0 spiro atoms. The Morgan fingerprint density at radius 2 is 2.12 bits per heavy atom. The summed E-state index contributed by atoms with van der Waals surface area (Å²) in [6.45, 7) is 9.47. The Morgan fingerprint density at radius 3 is 2.71 bits per heavy atom. The third-order valence-electron chi connectivity index (χ3n) is 2.79. The Kier molecular flexibility index (Phi) is 4.94. The van der Waals surface area contributed by atoms with Gasteiger partial charge in [-0.2, -0.15) is 0 Å². The number of ether oxygens (including phenoxy) is 1. The molecule has 0 aliphatic heterocycles. The van der Waals surface area contributed by atoms with E-state index in [4.69, 9.17) is 4.74 Å². The summed E-state index contributed by atoms with van der Waals surface area (Å²) < 4.78 is 5.68. The van der Waals surface area contributed by atoms with Gasteiger partial charge in [0.15, 0.2) is 0 Å². The highest BCUT2D eigenvalue weighted by molar-refractivity contribution is 5.23. The Labute approximate surface area is 105 Å². The molecule has 0 amide bonds. The highest BCUT2D eigenvalue weighted by atomic mass is 16.5. The van der Waals surface area contributed by atoms with E-state index in [-0.39, 0.29) is 0 Å². The third-order valence-corrected chi connectivity index (χ3v) is 2.79. The molecule has 1 rings (SSSR count). The largest absolute Gasteiger partial charge is 0.478 e. The minimum atomic E-state index is 0.301. The number of aromatic nitrogens is 1. The molecule has 3 heteroatoms. The second kappa shape index (κ2) is 6.01. The smallest absolute Gasteiger partial charge is 0.213 e. The Bertz CT molecular complexity index is 344. The van der Waals surface area contributed by atoms with Crippen LogP contribution in [0.2, 0.25) is 0 Å². The fraction of sp³-hybridized carbons (Fsp3) is 0.643. The highest BCUT2D eigenvalue weighted by Crippen LogP contribution is 2.20. The molecular formula is C14H24N2O. The molecule has 0 aliphatic carbocycles. The molecule has 0 radical (unpaired) electrons. The van der Waals surface area contributed by atoms with Gasteiger partial charge < -0.3 is 10.1 Å². The van der Waals surface area contributed by atoms with Gasteiger partial charge in [0.05, 0.1) is 6.61 Å². The molecule has 17 heavy (non-hydrogen) atoms. The molecule has 96 valence electrons.